The number of H-pyrrole nitrogens is 1. The molecule has 3 heterocycles. The minimum Gasteiger partial charge on any atom is -0.488 e. The third-order valence-corrected chi connectivity index (χ3v) is 5.36. The van der Waals surface area contributed by atoms with Crippen LogP contribution in [-0.4, -0.2) is 61.3 Å². The molecule has 4 aromatic rings. The van der Waals surface area contributed by atoms with Crippen molar-refractivity contribution in [2.45, 2.75) is 0 Å². The van der Waals surface area contributed by atoms with Crippen LogP contribution >= 0.6 is 0 Å². The second-order valence-corrected chi connectivity index (χ2v) is 7.46. The van der Waals surface area contributed by atoms with Crippen molar-refractivity contribution >= 4 is 22.5 Å². The Labute approximate surface area is 188 Å². The van der Waals surface area contributed by atoms with Crippen molar-refractivity contribution in [3.63, 3.8) is 0 Å². The molecule has 0 bridgehead atoms. The van der Waals surface area contributed by atoms with Gasteiger partial charge >= 0.3 is 0 Å². The lowest BCUT2D eigenvalue weighted by molar-refractivity contribution is -0.125. The highest BCUT2D eigenvalue weighted by atomic mass is 19.1. The molecule has 170 valence electrons. The summed E-state index contributed by atoms with van der Waals surface area (Å²) >= 11 is 0. The number of carbonyl (C=O) groups excluding carboxylic acids is 1. The highest BCUT2D eigenvalue weighted by Gasteiger charge is 2.21. The van der Waals surface area contributed by atoms with Gasteiger partial charge in [-0.25, -0.2) is 4.39 Å². The number of amides is 1. The Morgan fingerprint density at radius 3 is 2.82 bits per heavy atom. The van der Waals surface area contributed by atoms with E-state index in [-0.39, 0.29) is 24.9 Å². The van der Waals surface area contributed by atoms with E-state index < -0.39 is 5.82 Å². The standard InChI is InChI=1S/C23H21FN4O5/c1-30-8-9-32-20-12-19-16(10-17(20)24)23(26-25-19)21-11-18(27-33-21)14-2-4-15(5-3-14)28-6-7-31-13-22(28)29/h2-5,10-12H,6-9,13H2,1H3,(H,25,26). The zero-order valence-corrected chi connectivity index (χ0v) is 17.8. The van der Waals surface area contributed by atoms with Gasteiger partial charge in [0.2, 0.25) is 0 Å². The number of carbonyl (C=O) groups is 1. The summed E-state index contributed by atoms with van der Waals surface area (Å²) in [5.74, 6) is -0.0557. The highest BCUT2D eigenvalue weighted by Crippen LogP contribution is 2.33. The molecule has 5 rings (SSSR count). The van der Waals surface area contributed by atoms with E-state index in [2.05, 4.69) is 15.4 Å². The van der Waals surface area contributed by atoms with Crippen LogP contribution in [0.25, 0.3) is 33.6 Å². The van der Waals surface area contributed by atoms with E-state index >= 15 is 0 Å². The fourth-order valence-electron chi connectivity index (χ4n) is 3.68. The predicted molar refractivity (Wildman–Crippen MR) is 118 cm³/mol. The van der Waals surface area contributed by atoms with Gasteiger partial charge in [0.1, 0.15) is 24.6 Å². The first kappa shape index (κ1) is 21.1. The maximum Gasteiger partial charge on any atom is 0.253 e. The summed E-state index contributed by atoms with van der Waals surface area (Å²) in [7, 11) is 1.55. The van der Waals surface area contributed by atoms with Crippen LogP contribution in [0.1, 0.15) is 0 Å². The van der Waals surface area contributed by atoms with Crippen molar-refractivity contribution in [2.75, 3.05) is 45.0 Å². The highest BCUT2D eigenvalue weighted by molar-refractivity contribution is 5.95. The zero-order valence-electron chi connectivity index (χ0n) is 17.8. The SMILES string of the molecule is COCCOc1cc2[nH]nc(-c3cc(-c4ccc(N5CCOCC5=O)cc4)no3)c2cc1F. The molecule has 0 saturated carbocycles. The Bertz CT molecular complexity index is 1280. The van der Waals surface area contributed by atoms with Crippen LogP contribution in [0.3, 0.4) is 0 Å². The van der Waals surface area contributed by atoms with Gasteiger partial charge in [-0.2, -0.15) is 5.10 Å². The number of ether oxygens (including phenoxy) is 3. The summed E-state index contributed by atoms with van der Waals surface area (Å²) in [4.78, 5) is 13.7. The average molecular weight is 452 g/mol. The Morgan fingerprint density at radius 1 is 1.18 bits per heavy atom. The van der Waals surface area contributed by atoms with Crippen molar-refractivity contribution in [2.24, 2.45) is 0 Å². The molecule has 9 nitrogen and oxygen atoms in total. The minimum absolute atomic E-state index is 0.0670. The molecule has 0 unspecified atom stereocenters. The monoisotopic (exact) mass is 452 g/mol. The van der Waals surface area contributed by atoms with Gasteiger partial charge in [-0.1, -0.05) is 17.3 Å². The summed E-state index contributed by atoms with van der Waals surface area (Å²) < 4.78 is 35.5. The van der Waals surface area contributed by atoms with Crippen LogP contribution in [-0.2, 0) is 14.3 Å². The number of fused-ring (bicyclic) bond motifs is 1. The normalized spacial score (nSPS) is 14.2. The molecule has 1 aliphatic heterocycles. The molecule has 2 aromatic carbocycles. The van der Waals surface area contributed by atoms with Crippen LogP contribution in [0, 0.1) is 5.82 Å². The molecule has 0 radical (unpaired) electrons. The van der Waals surface area contributed by atoms with Crippen molar-refractivity contribution in [1.82, 2.24) is 15.4 Å². The van der Waals surface area contributed by atoms with Crippen molar-refractivity contribution in [3.05, 3.63) is 48.3 Å². The molecule has 0 atom stereocenters. The molecule has 1 amide bonds. The van der Waals surface area contributed by atoms with Crippen LogP contribution < -0.4 is 9.64 Å². The second kappa shape index (κ2) is 9.00. The van der Waals surface area contributed by atoms with E-state index in [1.54, 1.807) is 24.1 Å². The Morgan fingerprint density at radius 2 is 2.03 bits per heavy atom. The fraction of sp³-hybridized carbons (Fsp3) is 0.261. The maximum atomic E-state index is 14.5. The number of morpholine rings is 1. The molecule has 2 aromatic heterocycles. The number of nitrogens with zero attached hydrogens (tertiary/aromatic N) is 3. The first-order chi connectivity index (χ1) is 16.1. The number of rotatable bonds is 7. The van der Waals surface area contributed by atoms with Gasteiger partial charge in [-0.3, -0.25) is 9.89 Å². The third-order valence-electron chi connectivity index (χ3n) is 5.36. The van der Waals surface area contributed by atoms with E-state index in [0.717, 1.165) is 11.3 Å². The molecule has 33 heavy (non-hydrogen) atoms. The summed E-state index contributed by atoms with van der Waals surface area (Å²) in [5.41, 5.74) is 3.27. The van der Waals surface area contributed by atoms with Gasteiger partial charge < -0.3 is 23.6 Å². The van der Waals surface area contributed by atoms with Gasteiger partial charge in [0.05, 0.1) is 18.7 Å². The predicted octanol–water partition coefficient (Wildman–Crippen LogP) is 3.41. The molecule has 1 saturated heterocycles. The third kappa shape index (κ3) is 4.18. The number of aromatic amines is 1. The van der Waals surface area contributed by atoms with Crippen molar-refractivity contribution in [3.8, 4) is 28.5 Å². The number of hydrogen-bond donors (Lipinski definition) is 1. The average Bonchev–Trinajstić information content (AvgIpc) is 3.47. The smallest absolute Gasteiger partial charge is 0.253 e. The molecular formula is C23H21FN4O5. The number of methoxy groups -OCH3 is 1. The molecule has 1 fully saturated rings. The van der Waals surface area contributed by atoms with Gasteiger partial charge in [0.25, 0.3) is 5.91 Å². The van der Waals surface area contributed by atoms with E-state index in [0.29, 0.717) is 47.8 Å². The number of aromatic nitrogens is 3. The number of anilines is 1. The minimum atomic E-state index is -0.505. The summed E-state index contributed by atoms with van der Waals surface area (Å²) in [5, 5.41) is 11.8. The van der Waals surface area contributed by atoms with Crippen LogP contribution in [0.4, 0.5) is 10.1 Å². The topological polar surface area (TPSA) is 103 Å². The van der Waals surface area contributed by atoms with E-state index in [4.69, 9.17) is 18.7 Å². The largest absolute Gasteiger partial charge is 0.488 e. The quantitative estimate of drug-likeness (QED) is 0.429. The molecule has 0 aliphatic carbocycles. The van der Waals surface area contributed by atoms with E-state index in [1.807, 2.05) is 24.3 Å². The molecular weight excluding hydrogens is 431 g/mol. The summed E-state index contributed by atoms with van der Waals surface area (Å²) in [6.07, 6.45) is 0. The number of nitrogens with one attached hydrogen (secondary N) is 1. The van der Waals surface area contributed by atoms with Gasteiger partial charge in [0.15, 0.2) is 17.3 Å². The molecule has 1 aliphatic rings. The first-order valence-electron chi connectivity index (χ1n) is 10.4. The van der Waals surface area contributed by atoms with E-state index in [1.165, 1.54) is 6.07 Å². The maximum absolute atomic E-state index is 14.5. The van der Waals surface area contributed by atoms with Crippen LogP contribution in [0.15, 0.2) is 47.0 Å². The lowest BCUT2D eigenvalue weighted by atomic mass is 10.1. The van der Waals surface area contributed by atoms with Crippen molar-refractivity contribution in [1.29, 1.82) is 0 Å². The lowest BCUT2D eigenvalue weighted by Crippen LogP contribution is -2.41. The van der Waals surface area contributed by atoms with Gasteiger partial charge in [-0.05, 0) is 18.2 Å². The molecule has 1 N–H and O–H groups in total. The van der Waals surface area contributed by atoms with Crippen LogP contribution in [0.5, 0.6) is 5.75 Å². The Hall–Kier alpha value is -3.76. The zero-order chi connectivity index (χ0) is 22.8. The number of halogens is 1. The fourth-order valence-corrected chi connectivity index (χ4v) is 3.68. The van der Waals surface area contributed by atoms with Crippen molar-refractivity contribution < 1.29 is 27.9 Å². The Balaban J connectivity index is 1.38. The number of hydrogen-bond acceptors (Lipinski definition) is 7. The summed E-state index contributed by atoms with van der Waals surface area (Å²) in [6.45, 7) is 1.72. The Kier molecular flexibility index (Phi) is 5.76. The molecule has 10 heteroatoms. The molecule has 0 spiro atoms. The van der Waals surface area contributed by atoms with Gasteiger partial charge in [0, 0.05) is 42.4 Å². The summed E-state index contributed by atoms with van der Waals surface area (Å²) in [6, 6.07) is 12.1. The van der Waals surface area contributed by atoms with E-state index in [9.17, 15) is 9.18 Å². The first-order valence-corrected chi connectivity index (χ1v) is 10.4. The van der Waals surface area contributed by atoms with Gasteiger partial charge in [-0.15, -0.1) is 0 Å². The number of benzene rings is 2. The lowest BCUT2D eigenvalue weighted by Gasteiger charge is -2.26. The second-order valence-electron chi connectivity index (χ2n) is 7.46. The van der Waals surface area contributed by atoms with Crippen LogP contribution in [0.2, 0.25) is 0 Å².